The van der Waals surface area contributed by atoms with E-state index in [9.17, 15) is 0 Å². The molecule has 24 heavy (non-hydrogen) atoms. The molecular formula is C21H20BrNO. The Hall–Kier alpha value is -1.84. The summed E-state index contributed by atoms with van der Waals surface area (Å²) in [4.78, 5) is 2.44. The van der Waals surface area contributed by atoms with Gasteiger partial charge in [0.1, 0.15) is 0 Å². The zero-order chi connectivity index (χ0) is 16.4. The average Bonchev–Trinajstić information content (AvgIpc) is 2.64. The van der Waals surface area contributed by atoms with Gasteiger partial charge in [0, 0.05) is 28.6 Å². The number of benzene rings is 3. The molecule has 3 aromatic carbocycles. The van der Waals surface area contributed by atoms with Crippen molar-refractivity contribution in [2.75, 3.05) is 31.2 Å². The van der Waals surface area contributed by atoms with Crippen LogP contribution in [-0.2, 0) is 11.2 Å². The van der Waals surface area contributed by atoms with E-state index >= 15 is 0 Å². The van der Waals surface area contributed by atoms with Gasteiger partial charge in [0.15, 0.2) is 0 Å². The number of halogens is 1. The summed E-state index contributed by atoms with van der Waals surface area (Å²) in [5.41, 5.74) is 4.04. The standard InChI is InChI=1S/C21H20BrNO/c22-18-8-5-16(6-9-18)15-17-7-10-21(23-11-13-24-14-12-23)20-4-2-1-3-19(17)20/h1-10H,11-15H2. The van der Waals surface area contributed by atoms with E-state index in [2.05, 4.69) is 81.5 Å². The highest BCUT2D eigenvalue weighted by Crippen LogP contribution is 2.31. The third kappa shape index (κ3) is 3.19. The third-order valence-corrected chi connectivity index (χ3v) is 5.18. The van der Waals surface area contributed by atoms with Crippen LogP contribution in [0.3, 0.4) is 0 Å². The van der Waals surface area contributed by atoms with Gasteiger partial charge >= 0.3 is 0 Å². The van der Waals surface area contributed by atoms with Crippen molar-refractivity contribution < 1.29 is 4.74 Å². The van der Waals surface area contributed by atoms with Gasteiger partial charge in [0.2, 0.25) is 0 Å². The van der Waals surface area contributed by atoms with E-state index in [-0.39, 0.29) is 0 Å². The van der Waals surface area contributed by atoms with Crippen molar-refractivity contribution in [1.82, 2.24) is 0 Å². The minimum absolute atomic E-state index is 0.814. The molecular weight excluding hydrogens is 362 g/mol. The second kappa shape index (κ2) is 6.96. The Morgan fingerprint density at radius 1 is 0.833 bits per heavy atom. The van der Waals surface area contributed by atoms with Gasteiger partial charge in [0.25, 0.3) is 0 Å². The molecule has 2 nitrogen and oxygen atoms in total. The Morgan fingerprint density at radius 2 is 1.54 bits per heavy atom. The maximum Gasteiger partial charge on any atom is 0.0642 e. The summed E-state index contributed by atoms with van der Waals surface area (Å²) in [5, 5.41) is 2.69. The molecule has 122 valence electrons. The van der Waals surface area contributed by atoms with E-state index in [0.717, 1.165) is 37.2 Å². The summed E-state index contributed by atoms with van der Waals surface area (Å²) in [6, 6.07) is 21.9. The molecule has 0 spiro atoms. The van der Waals surface area contributed by atoms with Crippen LogP contribution in [0, 0.1) is 0 Å². The van der Waals surface area contributed by atoms with Crippen molar-refractivity contribution in [2.45, 2.75) is 6.42 Å². The summed E-state index contributed by atoms with van der Waals surface area (Å²) in [7, 11) is 0. The molecule has 1 aliphatic rings. The maximum atomic E-state index is 5.50. The Labute approximate surface area is 151 Å². The lowest BCUT2D eigenvalue weighted by atomic mass is 9.97. The maximum absolute atomic E-state index is 5.50. The molecule has 3 aromatic rings. The molecule has 3 heteroatoms. The molecule has 1 fully saturated rings. The third-order valence-electron chi connectivity index (χ3n) is 4.65. The Balaban J connectivity index is 1.73. The number of ether oxygens (including phenoxy) is 1. The van der Waals surface area contributed by atoms with Crippen LogP contribution in [0.5, 0.6) is 0 Å². The highest BCUT2D eigenvalue weighted by Gasteiger charge is 2.15. The van der Waals surface area contributed by atoms with Crippen molar-refractivity contribution in [3.05, 3.63) is 76.3 Å². The van der Waals surface area contributed by atoms with Crippen LogP contribution in [0.2, 0.25) is 0 Å². The lowest BCUT2D eigenvalue weighted by molar-refractivity contribution is 0.123. The van der Waals surface area contributed by atoms with Crippen molar-refractivity contribution in [3.63, 3.8) is 0 Å². The van der Waals surface area contributed by atoms with Crippen LogP contribution in [0.1, 0.15) is 11.1 Å². The largest absolute Gasteiger partial charge is 0.378 e. The number of morpholine rings is 1. The molecule has 1 aliphatic heterocycles. The molecule has 0 saturated carbocycles. The first-order valence-electron chi connectivity index (χ1n) is 8.39. The molecule has 1 saturated heterocycles. The number of anilines is 1. The normalized spacial score (nSPS) is 15.0. The number of nitrogens with zero attached hydrogens (tertiary/aromatic N) is 1. The fourth-order valence-corrected chi connectivity index (χ4v) is 3.67. The van der Waals surface area contributed by atoms with Crippen LogP contribution in [0.15, 0.2) is 65.1 Å². The highest BCUT2D eigenvalue weighted by molar-refractivity contribution is 9.10. The minimum Gasteiger partial charge on any atom is -0.378 e. The van der Waals surface area contributed by atoms with Crippen molar-refractivity contribution >= 4 is 32.4 Å². The van der Waals surface area contributed by atoms with Crippen molar-refractivity contribution in [2.24, 2.45) is 0 Å². The van der Waals surface area contributed by atoms with Gasteiger partial charge in [0.05, 0.1) is 13.2 Å². The van der Waals surface area contributed by atoms with E-state index in [1.165, 1.54) is 27.6 Å². The Kier molecular flexibility index (Phi) is 4.54. The van der Waals surface area contributed by atoms with Crippen LogP contribution < -0.4 is 4.90 Å². The summed E-state index contributed by atoms with van der Waals surface area (Å²) < 4.78 is 6.62. The van der Waals surface area contributed by atoms with Crippen LogP contribution in [0.25, 0.3) is 10.8 Å². The van der Waals surface area contributed by atoms with Crippen LogP contribution in [0.4, 0.5) is 5.69 Å². The quantitative estimate of drug-likeness (QED) is 0.630. The molecule has 1 heterocycles. The number of fused-ring (bicyclic) bond motifs is 1. The van der Waals surface area contributed by atoms with E-state index < -0.39 is 0 Å². The summed E-state index contributed by atoms with van der Waals surface area (Å²) in [6.45, 7) is 3.57. The summed E-state index contributed by atoms with van der Waals surface area (Å²) in [5.74, 6) is 0. The molecule has 0 unspecified atom stereocenters. The summed E-state index contributed by atoms with van der Waals surface area (Å²) >= 11 is 3.51. The van der Waals surface area contributed by atoms with Gasteiger partial charge in [-0.25, -0.2) is 0 Å². The first kappa shape index (κ1) is 15.7. The van der Waals surface area contributed by atoms with E-state index in [4.69, 9.17) is 4.74 Å². The first-order chi connectivity index (χ1) is 11.8. The Morgan fingerprint density at radius 3 is 2.29 bits per heavy atom. The summed E-state index contributed by atoms with van der Waals surface area (Å²) in [6.07, 6.45) is 0.956. The predicted octanol–water partition coefficient (Wildman–Crippen LogP) is 5.03. The van der Waals surface area contributed by atoms with Gasteiger partial charge in [-0.2, -0.15) is 0 Å². The SMILES string of the molecule is Brc1ccc(Cc2ccc(N3CCOCC3)c3ccccc23)cc1. The van der Waals surface area contributed by atoms with E-state index in [1.807, 2.05) is 0 Å². The molecule has 0 N–H and O–H groups in total. The van der Waals surface area contributed by atoms with E-state index in [0.29, 0.717) is 0 Å². The monoisotopic (exact) mass is 381 g/mol. The Bertz CT molecular complexity index is 838. The minimum atomic E-state index is 0.814. The molecule has 4 rings (SSSR count). The topological polar surface area (TPSA) is 12.5 Å². The smallest absolute Gasteiger partial charge is 0.0642 e. The van der Waals surface area contributed by atoms with Gasteiger partial charge in [-0.3, -0.25) is 0 Å². The fraction of sp³-hybridized carbons (Fsp3) is 0.238. The van der Waals surface area contributed by atoms with E-state index in [1.54, 1.807) is 0 Å². The zero-order valence-corrected chi connectivity index (χ0v) is 15.1. The predicted molar refractivity (Wildman–Crippen MR) is 104 cm³/mol. The lowest BCUT2D eigenvalue weighted by Crippen LogP contribution is -2.36. The average molecular weight is 382 g/mol. The molecule has 0 amide bonds. The van der Waals surface area contributed by atoms with Crippen LogP contribution >= 0.6 is 15.9 Å². The second-order valence-corrected chi connectivity index (χ2v) is 7.11. The molecule has 0 bridgehead atoms. The zero-order valence-electron chi connectivity index (χ0n) is 13.5. The molecule has 0 atom stereocenters. The van der Waals surface area contributed by atoms with Gasteiger partial charge < -0.3 is 9.64 Å². The van der Waals surface area contributed by atoms with Gasteiger partial charge in [-0.15, -0.1) is 0 Å². The molecule has 0 aliphatic carbocycles. The number of hydrogen-bond donors (Lipinski definition) is 0. The van der Waals surface area contributed by atoms with Gasteiger partial charge in [-0.05, 0) is 41.1 Å². The van der Waals surface area contributed by atoms with Crippen molar-refractivity contribution in [1.29, 1.82) is 0 Å². The van der Waals surface area contributed by atoms with Crippen molar-refractivity contribution in [3.8, 4) is 0 Å². The number of rotatable bonds is 3. The van der Waals surface area contributed by atoms with Gasteiger partial charge in [-0.1, -0.05) is 58.4 Å². The first-order valence-corrected chi connectivity index (χ1v) is 9.18. The highest BCUT2D eigenvalue weighted by atomic mass is 79.9. The molecule has 0 aromatic heterocycles. The number of hydrogen-bond acceptors (Lipinski definition) is 2. The molecule has 0 radical (unpaired) electrons. The lowest BCUT2D eigenvalue weighted by Gasteiger charge is -2.30. The fourth-order valence-electron chi connectivity index (χ4n) is 3.40. The second-order valence-electron chi connectivity index (χ2n) is 6.19. The van der Waals surface area contributed by atoms with Crippen LogP contribution in [-0.4, -0.2) is 26.3 Å².